The second-order valence-corrected chi connectivity index (χ2v) is 9.76. The zero-order valence-corrected chi connectivity index (χ0v) is 17.8. The van der Waals surface area contributed by atoms with Gasteiger partial charge in [-0.25, -0.2) is 4.79 Å². The zero-order chi connectivity index (χ0) is 21.2. The van der Waals surface area contributed by atoms with Gasteiger partial charge in [-0.3, -0.25) is 4.79 Å². The van der Waals surface area contributed by atoms with Crippen molar-refractivity contribution >= 4 is 11.7 Å². The first-order valence-electron chi connectivity index (χ1n) is 10.8. The van der Waals surface area contributed by atoms with Crippen LogP contribution in [0.25, 0.3) is 11.3 Å². The van der Waals surface area contributed by atoms with E-state index in [0.717, 1.165) is 48.6 Å². The number of carbonyl (C=O) groups is 1. The summed E-state index contributed by atoms with van der Waals surface area (Å²) in [5.41, 5.74) is 4.82. The van der Waals surface area contributed by atoms with Gasteiger partial charge < -0.3 is 19.3 Å². The van der Waals surface area contributed by atoms with E-state index >= 15 is 0 Å². The van der Waals surface area contributed by atoms with Gasteiger partial charge in [0.05, 0.1) is 18.0 Å². The fourth-order valence-corrected chi connectivity index (χ4v) is 5.28. The minimum Gasteiger partial charge on any atom is -0.491 e. The maximum Gasteiger partial charge on any atom is 0.341 e. The van der Waals surface area contributed by atoms with Crippen molar-refractivity contribution < 1.29 is 14.6 Å². The summed E-state index contributed by atoms with van der Waals surface area (Å²) in [4.78, 5) is 26.7. The molecule has 30 heavy (non-hydrogen) atoms. The van der Waals surface area contributed by atoms with Gasteiger partial charge in [0.1, 0.15) is 11.3 Å². The molecule has 1 atom stereocenters. The van der Waals surface area contributed by atoms with Gasteiger partial charge in [-0.2, -0.15) is 0 Å². The standard InChI is InChI=1S/C24H28N2O4/c1-24(2,3)21-11-15-14-6-9-30-22(14)19(25-7-4-5-8-25)10-16(15)18-12-20(27)17(23(28)29)13-26(18)21/h10,12-13,21H,4-9,11H2,1-3H3,(H,28,29). The van der Waals surface area contributed by atoms with Crippen LogP contribution in [0.5, 0.6) is 5.75 Å². The largest absolute Gasteiger partial charge is 0.491 e. The summed E-state index contributed by atoms with van der Waals surface area (Å²) in [6, 6.07) is 3.76. The van der Waals surface area contributed by atoms with Crippen LogP contribution in [0.15, 0.2) is 23.1 Å². The normalized spacial score (nSPS) is 19.8. The molecule has 5 rings (SSSR count). The number of aromatic nitrogens is 1. The maximum absolute atomic E-state index is 12.6. The molecule has 4 heterocycles. The lowest BCUT2D eigenvalue weighted by molar-refractivity contribution is 0.0693. The number of hydrogen-bond donors (Lipinski definition) is 1. The lowest BCUT2D eigenvalue weighted by Crippen LogP contribution is -2.33. The molecule has 0 amide bonds. The van der Waals surface area contributed by atoms with Crippen LogP contribution in [0.3, 0.4) is 0 Å². The van der Waals surface area contributed by atoms with Crippen LogP contribution in [0.4, 0.5) is 5.69 Å². The van der Waals surface area contributed by atoms with Gasteiger partial charge in [0.15, 0.2) is 5.43 Å². The van der Waals surface area contributed by atoms with Gasteiger partial charge >= 0.3 is 5.97 Å². The Balaban J connectivity index is 1.79. The molecule has 0 bridgehead atoms. The molecule has 1 aromatic heterocycles. The highest BCUT2D eigenvalue weighted by molar-refractivity contribution is 5.88. The van der Waals surface area contributed by atoms with E-state index in [-0.39, 0.29) is 17.0 Å². The van der Waals surface area contributed by atoms with Gasteiger partial charge in [-0.1, -0.05) is 20.8 Å². The number of anilines is 1. The fraction of sp³-hybridized carbons (Fsp3) is 0.500. The topological polar surface area (TPSA) is 71.8 Å². The van der Waals surface area contributed by atoms with E-state index in [9.17, 15) is 14.7 Å². The Morgan fingerprint density at radius 1 is 1.17 bits per heavy atom. The predicted molar refractivity (Wildman–Crippen MR) is 116 cm³/mol. The van der Waals surface area contributed by atoms with E-state index < -0.39 is 11.4 Å². The molecule has 3 aliphatic rings. The highest BCUT2D eigenvalue weighted by Gasteiger charge is 2.37. The van der Waals surface area contributed by atoms with Gasteiger partial charge in [0, 0.05) is 48.9 Å². The molecule has 2 aromatic rings. The van der Waals surface area contributed by atoms with Gasteiger partial charge in [-0.15, -0.1) is 0 Å². The summed E-state index contributed by atoms with van der Waals surface area (Å²) in [6.45, 7) is 9.23. The number of hydrogen-bond acceptors (Lipinski definition) is 4. The molecular weight excluding hydrogens is 380 g/mol. The highest BCUT2D eigenvalue weighted by atomic mass is 16.5. The number of fused-ring (bicyclic) bond motifs is 5. The lowest BCUT2D eigenvalue weighted by Gasteiger charge is -2.40. The maximum atomic E-state index is 12.6. The van der Waals surface area contributed by atoms with Crippen LogP contribution >= 0.6 is 0 Å². The second kappa shape index (κ2) is 6.62. The molecule has 1 unspecified atom stereocenters. The van der Waals surface area contributed by atoms with Gasteiger partial charge in [-0.05, 0) is 36.3 Å². The third-order valence-electron chi connectivity index (χ3n) is 6.84. The SMILES string of the molecule is CC(C)(C)C1Cc2c(cc(N3CCCC3)c3c2CCO3)-c2cc(=O)c(C(=O)O)cn21. The quantitative estimate of drug-likeness (QED) is 0.816. The molecule has 6 heteroatoms. The minimum atomic E-state index is -1.17. The number of carboxylic acid groups (broad SMARTS) is 1. The molecule has 1 fully saturated rings. The average molecular weight is 408 g/mol. The molecule has 0 radical (unpaired) electrons. The molecule has 0 spiro atoms. The Kier molecular flexibility index (Phi) is 4.24. The summed E-state index contributed by atoms with van der Waals surface area (Å²) in [6.07, 6.45) is 5.59. The summed E-state index contributed by atoms with van der Waals surface area (Å²) in [7, 11) is 0. The fourth-order valence-electron chi connectivity index (χ4n) is 5.28. The first-order chi connectivity index (χ1) is 14.3. The Morgan fingerprint density at radius 3 is 2.57 bits per heavy atom. The molecular formula is C24H28N2O4. The Hall–Kier alpha value is -2.76. The van der Waals surface area contributed by atoms with Crippen molar-refractivity contribution in [2.24, 2.45) is 5.41 Å². The first kappa shape index (κ1) is 19.2. The summed E-state index contributed by atoms with van der Waals surface area (Å²) in [5.74, 6) is -0.157. The molecule has 158 valence electrons. The first-order valence-corrected chi connectivity index (χ1v) is 10.8. The van der Waals surface area contributed by atoms with Crippen LogP contribution < -0.4 is 15.1 Å². The average Bonchev–Trinajstić information content (AvgIpc) is 3.37. The van der Waals surface area contributed by atoms with Crippen molar-refractivity contribution in [3.8, 4) is 17.0 Å². The Bertz CT molecular complexity index is 1100. The third kappa shape index (κ3) is 2.84. The summed E-state index contributed by atoms with van der Waals surface area (Å²) >= 11 is 0. The van der Waals surface area contributed by atoms with Gasteiger partial charge in [0.2, 0.25) is 0 Å². The Morgan fingerprint density at radius 2 is 1.90 bits per heavy atom. The molecule has 0 saturated carbocycles. The van der Waals surface area contributed by atoms with E-state index in [4.69, 9.17) is 4.74 Å². The van der Waals surface area contributed by atoms with E-state index in [1.54, 1.807) is 6.20 Å². The van der Waals surface area contributed by atoms with E-state index in [2.05, 4.69) is 31.7 Å². The molecule has 0 aliphatic carbocycles. The number of nitrogens with zero attached hydrogens (tertiary/aromatic N) is 2. The van der Waals surface area contributed by atoms with Crippen LogP contribution in [0, 0.1) is 5.41 Å². The van der Waals surface area contributed by atoms with Crippen LogP contribution in [0.1, 0.15) is 61.1 Å². The van der Waals surface area contributed by atoms with Crippen LogP contribution in [-0.2, 0) is 12.8 Å². The van der Waals surface area contributed by atoms with Crippen LogP contribution in [0.2, 0.25) is 0 Å². The summed E-state index contributed by atoms with van der Waals surface area (Å²) in [5, 5.41) is 9.53. The zero-order valence-electron chi connectivity index (χ0n) is 17.8. The second-order valence-electron chi connectivity index (χ2n) is 9.76. The van der Waals surface area contributed by atoms with Crippen LogP contribution in [-0.4, -0.2) is 35.3 Å². The van der Waals surface area contributed by atoms with Crippen molar-refractivity contribution in [2.75, 3.05) is 24.6 Å². The van der Waals surface area contributed by atoms with E-state index in [1.807, 2.05) is 4.57 Å². The van der Waals surface area contributed by atoms with Crippen molar-refractivity contribution in [1.82, 2.24) is 4.57 Å². The van der Waals surface area contributed by atoms with E-state index in [0.29, 0.717) is 6.61 Å². The van der Waals surface area contributed by atoms with Crippen molar-refractivity contribution in [2.45, 2.75) is 52.5 Å². The molecule has 1 aromatic carbocycles. The van der Waals surface area contributed by atoms with Gasteiger partial charge in [0.25, 0.3) is 0 Å². The highest BCUT2D eigenvalue weighted by Crippen LogP contribution is 2.50. The lowest BCUT2D eigenvalue weighted by atomic mass is 9.77. The monoisotopic (exact) mass is 408 g/mol. The number of pyridine rings is 1. The Labute approximate surface area is 176 Å². The molecule has 6 nitrogen and oxygen atoms in total. The third-order valence-corrected chi connectivity index (χ3v) is 6.84. The minimum absolute atomic E-state index is 0.0565. The predicted octanol–water partition coefficient (Wildman–Crippen LogP) is 3.89. The number of benzene rings is 1. The van der Waals surface area contributed by atoms with Crippen molar-refractivity contribution in [1.29, 1.82) is 0 Å². The van der Waals surface area contributed by atoms with Crippen molar-refractivity contribution in [3.63, 3.8) is 0 Å². The smallest absolute Gasteiger partial charge is 0.341 e. The molecule has 3 aliphatic heterocycles. The number of ether oxygens (including phenoxy) is 1. The van der Waals surface area contributed by atoms with E-state index in [1.165, 1.54) is 30.0 Å². The molecule has 1 N–H and O–H groups in total. The molecule has 1 saturated heterocycles. The summed E-state index contributed by atoms with van der Waals surface area (Å²) < 4.78 is 8.13. The number of aromatic carboxylic acids is 1. The number of carboxylic acids is 1. The number of rotatable bonds is 2. The van der Waals surface area contributed by atoms with Crippen molar-refractivity contribution in [3.05, 3.63) is 45.2 Å².